The molecule has 1 unspecified atom stereocenters. The first-order valence-corrected chi connectivity index (χ1v) is 9.18. The van der Waals surface area contributed by atoms with E-state index < -0.39 is 0 Å². The molecule has 0 radical (unpaired) electrons. The van der Waals surface area contributed by atoms with Crippen LogP contribution in [0.3, 0.4) is 0 Å². The molecular formula is C18H25N5S. The van der Waals surface area contributed by atoms with Gasteiger partial charge in [-0.1, -0.05) is 13.0 Å². The van der Waals surface area contributed by atoms with Crippen LogP contribution in [0.15, 0.2) is 23.6 Å². The average molecular weight is 344 g/mol. The number of rotatable bonds is 6. The van der Waals surface area contributed by atoms with E-state index in [0.717, 1.165) is 41.4 Å². The van der Waals surface area contributed by atoms with Crippen molar-refractivity contribution in [2.24, 2.45) is 0 Å². The van der Waals surface area contributed by atoms with Gasteiger partial charge in [0.2, 0.25) is 0 Å². The van der Waals surface area contributed by atoms with Gasteiger partial charge in [-0.15, -0.1) is 11.3 Å². The summed E-state index contributed by atoms with van der Waals surface area (Å²) in [6.07, 6.45) is 0.914. The number of fused-ring (bicyclic) bond motifs is 1. The van der Waals surface area contributed by atoms with Crippen LogP contribution in [0.2, 0.25) is 0 Å². The molecule has 0 fully saturated rings. The SMILES string of the molecule is CCc1cc(NCC(c2cccs2)N(C)C)n2nc(C)c(C)c2n1. The van der Waals surface area contributed by atoms with Crippen molar-refractivity contribution in [1.82, 2.24) is 19.5 Å². The van der Waals surface area contributed by atoms with Crippen LogP contribution in [0.5, 0.6) is 0 Å². The summed E-state index contributed by atoms with van der Waals surface area (Å²) in [7, 11) is 4.24. The first-order chi connectivity index (χ1) is 11.5. The van der Waals surface area contributed by atoms with E-state index in [1.54, 1.807) is 11.3 Å². The predicted molar refractivity (Wildman–Crippen MR) is 101 cm³/mol. The van der Waals surface area contributed by atoms with Gasteiger partial charge in [0.05, 0.1) is 11.7 Å². The number of hydrogen-bond acceptors (Lipinski definition) is 5. The van der Waals surface area contributed by atoms with E-state index in [2.05, 4.69) is 66.8 Å². The van der Waals surface area contributed by atoms with Crippen molar-refractivity contribution in [2.75, 3.05) is 26.0 Å². The maximum absolute atomic E-state index is 4.74. The molecule has 0 aliphatic heterocycles. The molecule has 3 heterocycles. The van der Waals surface area contributed by atoms with E-state index in [9.17, 15) is 0 Å². The Balaban J connectivity index is 1.93. The molecule has 0 aliphatic carbocycles. The predicted octanol–water partition coefficient (Wildman–Crippen LogP) is 3.68. The molecule has 0 aromatic carbocycles. The molecule has 0 saturated carbocycles. The molecular weight excluding hydrogens is 318 g/mol. The quantitative estimate of drug-likeness (QED) is 0.741. The van der Waals surface area contributed by atoms with Crippen LogP contribution in [0.25, 0.3) is 5.65 Å². The lowest BCUT2D eigenvalue weighted by Crippen LogP contribution is -2.26. The van der Waals surface area contributed by atoms with Crippen LogP contribution in [0.4, 0.5) is 5.82 Å². The lowest BCUT2D eigenvalue weighted by Gasteiger charge is -2.24. The smallest absolute Gasteiger partial charge is 0.160 e. The summed E-state index contributed by atoms with van der Waals surface area (Å²) in [5.41, 5.74) is 4.22. The molecule has 3 aromatic rings. The van der Waals surface area contributed by atoms with Crippen LogP contribution in [0.1, 0.15) is 34.8 Å². The van der Waals surface area contributed by atoms with Crippen molar-refractivity contribution >= 4 is 22.8 Å². The minimum atomic E-state index is 0.330. The molecule has 0 saturated heterocycles. The molecule has 1 N–H and O–H groups in total. The number of thiophene rings is 1. The Kier molecular flexibility index (Phi) is 4.87. The average Bonchev–Trinajstić information content (AvgIpc) is 3.17. The summed E-state index contributed by atoms with van der Waals surface area (Å²) in [6, 6.07) is 6.74. The van der Waals surface area contributed by atoms with E-state index in [-0.39, 0.29) is 0 Å². The van der Waals surface area contributed by atoms with Crippen molar-refractivity contribution < 1.29 is 0 Å². The van der Waals surface area contributed by atoms with Crippen LogP contribution in [-0.2, 0) is 6.42 Å². The molecule has 3 aromatic heterocycles. The van der Waals surface area contributed by atoms with Gasteiger partial charge in [-0.2, -0.15) is 9.61 Å². The zero-order valence-electron chi connectivity index (χ0n) is 15.0. The molecule has 0 amide bonds. The van der Waals surface area contributed by atoms with Crippen molar-refractivity contribution in [3.05, 3.63) is 45.4 Å². The van der Waals surface area contributed by atoms with E-state index in [1.165, 1.54) is 4.88 Å². The third-order valence-electron chi connectivity index (χ3n) is 4.44. The van der Waals surface area contributed by atoms with Gasteiger partial charge in [-0.25, -0.2) is 4.98 Å². The largest absolute Gasteiger partial charge is 0.368 e. The van der Waals surface area contributed by atoms with Crippen molar-refractivity contribution in [2.45, 2.75) is 33.2 Å². The number of nitrogens with one attached hydrogen (secondary N) is 1. The number of nitrogens with zero attached hydrogens (tertiary/aromatic N) is 4. The van der Waals surface area contributed by atoms with Gasteiger partial charge in [0.15, 0.2) is 5.65 Å². The number of anilines is 1. The molecule has 24 heavy (non-hydrogen) atoms. The summed E-state index contributed by atoms with van der Waals surface area (Å²) in [6.45, 7) is 7.08. The zero-order valence-corrected chi connectivity index (χ0v) is 15.8. The third-order valence-corrected chi connectivity index (χ3v) is 5.42. The highest BCUT2D eigenvalue weighted by molar-refractivity contribution is 7.10. The second kappa shape index (κ2) is 6.91. The highest BCUT2D eigenvalue weighted by Crippen LogP contribution is 2.25. The molecule has 5 nitrogen and oxygen atoms in total. The monoisotopic (exact) mass is 343 g/mol. The third kappa shape index (κ3) is 3.16. The zero-order chi connectivity index (χ0) is 17.3. The molecule has 6 heteroatoms. The van der Waals surface area contributed by atoms with Gasteiger partial charge in [-0.05, 0) is 45.8 Å². The van der Waals surface area contributed by atoms with Gasteiger partial charge in [0.25, 0.3) is 0 Å². The Morgan fingerprint density at radius 2 is 2.12 bits per heavy atom. The van der Waals surface area contributed by atoms with Crippen molar-refractivity contribution in [3.63, 3.8) is 0 Å². The van der Waals surface area contributed by atoms with Gasteiger partial charge >= 0.3 is 0 Å². The first-order valence-electron chi connectivity index (χ1n) is 8.30. The number of aryl methyl sites for hydroxylation is 3. The fourth-order valence-electron chi connectivity index (χ4n) is 2.81. The second-order valence-electron chi connectivity index (χ2n) is 6.31. The summed E-state index contributed by atoms with van der Waals surface area (Å²) in [5.74, 6) is 1.01. The van der Waals surface area contributed by atoms with E-state index >= 15 is 0 Å². The van der Waals surface area contributed by atoms with Crippen LogP contribution in [0, 0.1) is 13.8 Å². The summed E-state index contributed by atoms with van der Waals surface area (Å²) in [5, 5.41) is 10.4. The van der Waals surface area contributed by atoms with Gasteiger partial charge in [0.1, 0.15) is 5.82 Å². The van der Waals surface area contributed by atoms with E-state index in [1.807, 2.05) is 11.4 Å². The minimum absolute atomic E-state index is 0.330. The highest BCUT2D eigenvalue weighted by Gasteiger charge is 2.17. The Morgan fingerprint density at radius 1 is 1.33 bits per heavy atom. The van der Waals surface area contributed by atoms with Gasteiger partial charge in [-0.3, -0.25) is 0 Å². The number of likely N-dealkylation sites (N-methyl/N-ethyl adjacent to an activating group) is 1. The van der Waals surface area contributed by atoms with Crippen LogP contribution < -0.4 is 5.32 Å². The fraction of sp³-hybridized carbons (Fsp3) is 0.444. The van der Waals surface area contributed by atoms with Crippen LogP contribution >= 0.6 is 11.3 Å². The number of hydrogen-bond donors (Lipinski definition) is 1. The maximum Gasteiger partial charge on any atom is 0.160 e. The molecule has 0 spiro atoms. The highest BCUT2D eigenvalue weighted by atomic mass is 32.1. The molecule has 128 valence electrons. The minimum Gasteiger partial charge on any atom is -0.368 e. The molecule has 0 aliphatic rings. The Bertz CT molecular complexity index is 820. The Morgan fingerprint density at radius 3 is 2.75 bits per heavy atom. The molecule has 1 atom stereocenters. The maximum atomic E-state index is 4.74. The van der Waals surface area contributed by atoms with Crippen LogP contribution in [-0.4, -0.2) is 40.1 Å². The van der Waals surface area contributed by atoms with Gasteiger partial charge < -0.3 is 10.2 Å². The van der Waals surface area contributed by atoms with Crippen molar-refractivity contribution in [1.29, 1.82) is 0 Å². The lowest BCUT2D eigenvalue weighted by molar-refractivity contribution is 0.316. The van der Waals surface area contributed by atoms with Gasteiger partial charge in [0, 0.05) is 28.7 Å². The standard InChI is InChI=1S/C18H25N5S/c1-6-14-10-17(23-18(20-14)12(2)13(3)21-23)19-11-15(22(4)5)16-8-7-9-24-16/h7-10,15,19H,6,11H2,1-5H3. The van der Waals surface area contributed by atoms with Crippen molar-refractivity contribution in [3.8, 4) is 0 Å². The normalized spacial score (nSPS) is 12.9. The Hall–Kier alpha value is -1.92. The van der Waals surface area contributed by atoms with E-state index in [0.29, 0.717) is 6.04 Å². The topological polar surface area (TPSA) is 45.5 Å². The number of aromatic nitrogens is 3. The molecule has 3 rings (SSSR count). The second-order valence-corrected chi connectivity index (χ2v) is 7.29. The fourth-order valence-corrected chi connectivity index (χ4v) is 3.73. The Labute approximate surface area is 147 Å². The summed E-state index contributed by atoms with van der Waals surface area (Å²) >= 11 is 1.80. The van der Waals surface area contributed by atoms with E-state index in [4.69, 9.17) is 4.98 Å². The summed E-state index contributed by atoms with van der Waals surface area (Å²) < 4.78 is 1.94. The first kappa shape index (κ1) is 16.9. The molecule has 0 bridgehead atoms. The lowest BCUT2D eigenvalue weighted by atomic mass is 10.2. The summed E-state index contributed by atoms with van der Waals surface area (Å²) in [4.78, 5) is 8.35.